The van der Waals surface area contributed by atoms with Crippen molar-refractivity contribution in [2.24, 2.45) is 4.99 Å². The topological polar surface area (TPSA) is 108 Å². The van der Waals surface area contributed by atoms with E-state index in [-0.39, 0.29) is 17.8 Å². The molecule has 1 aromatic carbocycles. The molecule has 4 rings (SSSR count). The van der Waals surface area contributed by atoms with Crippen molar-refractivity contribution in [2.45, 2.75) is 39.2 Å². The number of aliphatic imine (C=N–C) groups is 1. The minimum atomic E-state index is -0.370. The molecule has 0 bridgehead atoms. The third-order valence-corrected chi connectivity index (χ3v) is 4.92. The van der Waals surface area contributed by atoms with E-state index >= 15 is 0 Å². The molecule has 2 aromatic heterocycles. The summed E-state index contributed by atoms with van der Waals surface area (Å²) in [6.07, 6.45) is 4.43. The Morgan fingerprint density at radius 3 is 2.79 bits per heavy atom. The average molecular weight is 396 g/mol. The molecule has 1 aliphatic carbocycles. The molecule has 1 saturated carbocycles. The lowest BCUT2D eigenvalue weighted by Crippen LogP contribution is -2.38. The van der Waals surface area contributed by atoms with E-state index in [0.717, 1.165) is 19.3 Å². The standard InChI is InChI=1S/C20H21FN6O2/c1-11-6-7-13(8-16(11)21)17-9-18(27-26-17)24-20(23-14-4-3-5-14)25-19(28)15-10-22-29-12(15)2/h6-10,14H,3-5H2,1-2H3,(H3,23,24,25,26,27,28). The van der Waals surface area contributed by atoms with Gasteiger partial charge in [0.25, 0.3) is 5.91 Å². The highest BCUT2D eigenvalue weighted by Gasteiger charge is 2.20. The van der Waals surface area contributed by atoms with Crippen LogP contribution in [-0.2, 0) is 0 Å². The number of guanidine groups is 1. The van der Waals surface area contributed by atoms with E-state index in [4.69, 9.17) is 4.52 Å². The summed E-state index contributed by atoms with van der Waals surface area (Å²) in [4.78, 5) is 17.1. The highest BCUT2D eigenvalue weighted by Crippen LogP contribution is 2.24. The minimum Gasteiger partial charge on any atom is -0.361 e. The smallest absolute Gasteiger partial charge is 0.263 e. The van der Waals surface area contributed by atoms with Gasteiger partial charge in [-0.2, -0.15) is 5.10 Å². The van der Waals surface area contributed by atoms with E-state index in [0.29, 0.717) is 39.9 Å². The van der Waals surface area contributed by atoms with Crippen LogP contribution >= 0.6 is 0 Å². The van der Waals surface area contributed by atoms with E-state index in [1.54, 1.807) is 26.0 Å². The first kappa shape index (κ1) is 18.9. The monoisotopic (exact) mass is 396 g/mol. The molecule has 8 nitrogen and oxygen atoms in total. The van der Waals surface area contributed by atoms with Crippen molar-refractivity contribution in [2.75, 3.05) is 5.32 Å². The van der Waals surface area contributed by atoms with Crippen molar-refractivity contribution in [3.8, 4) is 11.3 Å². The number of nitrogens with zero attached hydrogens (tertiary/aromatic N) is 3. The lowest BCUT2D eigenvalue weighted by atomic mass is 9.94. The first-order chi connectivity index (χ1) is 14.0. The number of anilines is 1. The predicted molar refractivity (Wildman–Crippen MR) is 106 cm³/mol. The van der Waals surface area contributed by atoms with E-state index in [1.165, 1.54) is 12.3 Å². The molecule has 0 saturated heterocycles. The molecule has 1 fully saturated rings. The quantitative estimate of drug-likeness (QED) is 0.461. The van der Waals surface area contributed by atoms with Gasteiger partial charge in [-0.1, -0.05) is 17.3 Å². The van der Waals surface area contributed by atoms with Gasteiger partial charge in [0.05, 0.1) is 17.9 Å². The zero-order valence-corrected chi connectivity index (χ0v) is 16.1. The Hall–Kier alpha value is -3.49. The first-order valence-electron chi connectivity index (χ1n) is 9.39. The highest BCUT2D eigenvalue weighted by molar-refractivity contribution is 6.10. The minimum absolute atomic E-state index is 0.158. The van der Waals surface area contributed by atoms with Crippen molar-refractivity contribution >= 4 is 17.7 Å². The van der Waals surface area contributed by atoms with Crippen molar-refractivity contribution in [3.05, 3.63) is 53.2 Å². The number of amides is 1. The number of hydrogen-bond donors (Lipinski definition) is 3. The number of aryl methyl sites for hydroxylation is 2. The second-order valence-electron chi connectivity index (χ2n) is 7.07. The third kappa shape index (κ3) is 4.18. The van der Waals surface area contributed by atoms with Gasteiger partial charge in [-0.05, 0) is 44.7 Å². The largest absolute Gasteiger partial charge is 0.361 e. The van der Waals surface area contributed by atoms with Gasteiger partial charge in [0.1, 0.15) is 17.1 Å². The number of benzene rings is 1. The molecule has 9 heteroatoms. The van der Waals surface area contributed by atoms with Crippen LogP contribution in [0.4, 0.5) is 10.2 Å². The average Bonchev–Trinajstić information content (AvgIpc) is 3.29. The summed E-state index contributed by atoms with van der Waals surface area (Å²) in [6.45, 7) is 3.38. The fourth-order valence-electron chi connectivity index (χ4n) is 2.90. The van der Waals surface area contributed by atoms with Crippen LogP contribution in [0.5, 0.6) is 0 Å². The Labute approximate surface area is 166 Å². The van der Waals surface area contributed by atoms with Crippen molar-refractivity contribution in [1.82, 2.24) is 20.7 Å². The van der Waals surface area contributed by atoms with E-state index in [1.807, 2.05) is 6.07 Å². The summed E-state index contributed by atoms with van der Waals surface area (Å²) >= 11 is 0. The number of carbonyl (C=O) groups excluding carboxylic acids is 1. The summed E-state index contributed by atoms with van der Waals surface area (Å²) in [7, 11) is 0. The molecule has 1 amide bonds. The second kappa shape index (κ2) is 7.86. The number of nitrogens with one attached hydrogen (secondary N) is 3. The Morgan fingerprint density at radius 1 is 1.31 bits per heavy atom. The van der Waals surface area contributed by atoms with Crippen LogP contribution < -0.4 is 10.6 Å². The van der Waals surface area contributed by atoms with E-state index < -0.39 is 0 Å². The van der Waals surface area contributed by atoms with Gasteiger partial charge >= 0.3 is 0 Å². The number of hydrogen-bond acceptors (Lipinski definition) is 5. The molecule has 0 aliphatic heterocycles. The molecule has 0 spiro atoms. The maximum absolute atomic E-state index is 13.9. The van der Waals surface area contributed by atoms with Gasteiger partial charge in [0.15, 0.2) is 5.82 Å². The Kier molecular flexibility index (Phi) is 5.11. The van der Waals surface area contributed by atoms with E-state index in [9.17, 15) is 9.18 Å². The number of carbonyl (C=O) groups is 1. The van der Waals surface area contributed by atoms with Crippen molar-refractivity contribution in [3.63, 3.8) is 0 Å². The maximum Gasteiger partial charge on any atom is 0.263 e. The molecule has 2 heterocycles. The van der Waals surface area contributed by atoms with Gasteiger partial charge in [-0.15, -0.1) is 0 Å². The van der Waals surface area contributed by atoms with Gasteiger partial charge in [0.2, 0.25) is 5.96 Å². The van der Waals surface area contributed by atoms with Crippen molar-refractivity contribution in [1.29, 1.82) is 0 Å². The number of rotatable bonds is 4. The molecular weight excluding hydrogens is 375 g/mol. The Balaban J connectivity index is 1.53. The summed E-state index contributed by atoms with van der Waals surface area (Å²) in [5.74, 6) is 0.532. The first-order valence-corrected chi connectivity index (χ1v) is 9.39. The van der Waals surface area contributed by atoms with Crippen molar-refractivity contribution < 1.29 is 13.7 Å². The van der Waals surface area contributed by atoms with Crippen LogP contribution in [0.25, 0.3) is 11.3 Å². The van der Waals surface area contributed by atoms with E-state index in [2.05, 4.69) is 31.0 Å². The SMILES string of the molecule is Cc1ccc(-c2cc(NC(=NC3CCC3)NC(=O)c3cnoc3C)n[nH]2)cc1F. The lowest BCUT2D eigenvalue weighted by Gasteiger charge is -2.22. The molecule has 3 aromatic rings. The van der Waals surface area contributed by atoms with Gasteiger partial charge in [-0.3, -0.25) is 15.2 Å². The second-order valence-corrected chi connectivity index (χ2v) is 7.07. The summed E-state index contributed by atoms with van der Waals surface area (Å²) < 4.78 is 18.8. The predicted octanol–water partition coefficient (Wildman–Crippen LogP) is 3.57. The van der Waals surface area contributed by atoms with Gasteiger partial charge in [0, 0.05) is 11.6 Å². The lowest BCUT2D eigenvalue weighted by molar-refractivity contribution is 0.0975. The molecular formula is C20H21FN6O2. The van der Waals surface area contributed by atoms with Crippen LogP contribution in [0, 0.1) is 19.7 Å². The number of halogens is 1. The fourth-order valence-corrected chi connectivity index (χ4v) is 2.90. The van der Waals surface area contributed by atoms with Crippen LogP contribution in [0.3, 0.4) is 0 Å². The van der Waals surface area contributed by atoms with Crippen LogP contribution in [0.15, 0.2) is 40.0 Å². The zero-order chi connectivity index (χ0) is 20.4. The summed E-state index contributed by atoms with van der Waals surface area (Å²) in [5, 5.41) is 16.5. The highest BCUT2D eigenvalue weighted by atomic mass is 19.1. The van der Waals surface area contributed by atoms with Crippen LogP contribution in [0.1, 0.15) is 40.9 Å². The third-order valence-electron chi connectivity index (χ3n) is 4.92. The Bertz CT molecular complexity index is 1070. The normalized spacial score (nSPS) is 14.5. The van der Waals surface area contributed by atoms with Gasteiger partial charge in [-0.25, -0.2) is 9.38 Å². The molecule has 0 radical (unpaired) electrons. The number of aromatic nitrogens is 3. The molecule has 1 aliphatic rings. The summed E-state index contributed by atoms with van der Waals surface area (Å²) in [5.41, 5.74) is 2.24. The molecule has 150 valence electrons. The van der Waals surface area contributed by atoms with Crippen LogP contribution in [0.2, 0.25) is 0 Å². The van der Waals surface area contributed by atoms with Gasteiger partial charge < -0.3 is 9.84 Å². The number of H-pyrrole nitrogens is 1. The molecule has 29 heavy (non-hydrogen) atoms. The number of aromatic amines is 1. The van der Waals surface area contributed by atoms with Crippen LogP contribution in [-0.4, -0.2) is 33.3 Å². The molecule has 0 atom stereocenters. The summed E-state index contributed by atoms with van der Waals surface area (Å²) in [6, 6.07) is 6.87. The molecule has 0 unspecified atom stereocenters. The fraction of sp³-hybridized carbons (Fsp3) is 0.300. The maximum atomic E-state index is 13.9. The Morgan fingerprint density at radius 2 is 2.14 bits per heavy atom. The molecule has 3 N–H and O–H groups in total. The zero-order valence-electron chi connectivity index (χ0n) is 16.1.